The van der Waals surface area contributed by atoms with Crippen molar-refractivity contribution in [3.63, 3.8) is 0 Å². The van der Waals surface area contributed by atoms with Gasteiger partial charge >= 0.3 is 6.18 Å². The van der Waals surface area contributed by atoms with Gasteiger partial charge in [-0.15, -0.1) is 0 Å². The number of piperazine rings is 1. The first kappa shape index (κ1) is 19.1. The van der Waals surface area contributed by atoms with Crippen molar-refractivity contribution in [3.05, 3.63) is 30.2 Å². The molecule has 0 bridgehead atoms. The fourth-order valence-corrected chi connectivity index (χ4v) is 3.08. The number of hydrogen-bond acceptors (Lipinski definition) is 7. The number of hydrogen-bond donors (Lipinski definition) is 0. The smallest absolute Gasteiger partial charge is 0.353 e. The number of rotatable bonds is 5. The average molecular weight is 381 g/mol. The molecule has 1 saturated heterocycles. The highest BCUT2D eigenvalue weighted by Crippen LogP contribution is 2.35. The topological polar surface area (TPSA) is 61.3 Å². The number of anilines is 3. The lowest BCUT2D eigenvalue weighted by atomic mass is 10.2. The Bertz CT molecular complexity index is 756. The van der Waals surface area contributed by atoms with Gasteiger partial charge in [-0.25, -0.2) is 15.0 Å². The summed E-state index contributed by atoms with van der Waals surface area (Å²) in [5.74, 6) is 1.13. The third kappa shape index (κ3) is 4.20. The van der Waals surface area contributed by atoms with Crippen molar-refractivity contribution in [2.45, 2.75) is 20.0 Å². The summed E-state index contributed by atoms with van der Waals surface area (Å²) in [6, 6.07) is 2.37. The molecule has 2 aromatic rings. The molecule has 1 fully saturated rings. The van der Waals surface area contributed by atoms with Crippen LogP contribution >= 0.6 is 0 Å². The molecule has 1 aliphatic heterocycles. The lowest BCUT2D eigenvalue weighted by Gasteiger charge is -2.36. The van der Waals surface area contributed by atoms with Crippen LogP contribution in [0.1, 0.15) is 19.4 Å². The van der Waals surface area contributed by atoms with Crippen molar-refractivity contribution in [2.24, 2.45) is 0 Å². The second-order valence-corrected chi connectivity index (χ2v) is 6.10. The second-order valence-electron chi connectivity index (χ2n) is 6.10. The highest BCUT2D eigenvalue weighted by Gasteiger charge is 2.36. The minimum atomic E-state index is -4.42. The average Bonchev–Trinajstić information content (AvgIpc) is 2.69. The first-order valence-corrected chi connectivity index (χ1v) is 8.90. The van der Waals surface area contributed by atoms with E-state index in [0.29, 0.717) is 38.1 Å². The Kier molecular flexibility index (Phi) is 5.62. The molecule has 0 N–H and O–H groups in total. The van der Waals surface area contributed by atoms with Crippen LogP contribution in [-0.2, 0) is 6.18 Å². The van der Waals surface area contributed by atoms with E-state index in [-0.39, 0.29) is 5.82 Å². The highest BCUT2D eigenvalue weighted by molar-refractivity contribution is 5.50. The van der Waals surface area contributed by atoms with Crippen LogP contribution in [0.25, 0.3) is 0 Å². The molecule has 27 heavy (non-hydrogen) atoms. The van der Waals surface area contributed by atoms with Crippen LogP contribution in [0.15, 0.2) is 24.7 Å². The molecule has 3 heterocycles. The lowest BCUT2D eigenvalue weighted by molar-refractivity contribution is -0.137. The molecule has 0 saturated carbocycles. The van der Waals surface area contributed by atoms with Gasteiger partial charge in [0.15, 0.2) is 0 Å². The number of halogens is 3. The summed E-state index contributed by atoms with van der Waals surface area (Å²) in [5, 5.41) is 0. The fraction of sp³-hybridized carbons (Fsp3) is 0.529. The molecule has 0 aromatic carbocycles. The molecule has 10 heteroatoms. The molecular formula is C17H22F3N7. The van der Waals surface area contributed by atoms with E-state index in [4.69, 9.17) is 0 Å². The fourth-order valence-electron chi connectivity index (χ4n) is 3.08. The SMILES string of the molecule is CCN(CC)c1ncnc(N2CCN(c3ncccc3C(F)(F)F)CC2)n1. The Morgan fingerprint density at radius 1 is 1.00 bits per heavy atom. The summed E-state index contributed by atoms with van der Waals surface area (Å²) in [6.45, 7) is 7.46. The molecule has 3 rings (SSSR count). The first-order chi connectivity index (χ1) is 12.9. The summed E-state index contributed by atoms with van der Waals surface area (Å²) in [7, 11) is 0. The maximum Gasteiger partial charge on any atom is 0.419 e. The molecule has 7 nitrogen and oxygen atoms in total. The maximum atomic E-state index is 13.2. The van der Waals surface area contributed by atoms with Gasteiger partial charge in [-0.2, -0.15) is 18.2 Å². The van der Waals surface area contributed by atoms with Gasteiger partial charge in [0.2, 0.25) is 11.9 Å². The summed E-state index contributed by atoms with van der Waals surface area (Å²) < 4.78 is 39.7. The van der Waals surface area contributed by atoms with Crippen LogP contribution in [-0.4, -0.2) is 59.2 Å². The molecule has 0 aliphatic carbocycles. The van der Waals surface area contributed by atoms with E-state index in [1.54, 1.807) is 4.90 Å². The van der Waals surface area contributed by atoms with Gasteiger partial charge in [0.25, 0.3) is 0 Å². The zero-order chi connectivity index (χ0) is 19.4. The standard InChI is InChI=1S/C17H22F3N7/c1-3-25(4-2)15-22-12-23-16(24-15)27-10-8-26(9-11-27)14-13(17(18,19)20)6-5-7-21-14/h5-7,12H,3-4,8-11H2,1-2H3. The molecule has 146 valence electrons. The largest absolute Gasteiger partial charge is 0.419 e. The van der Waals surface area contributed by atoms with Gasteiger partial charge in [-0.3, -0.25) is 0 Å². The normalized spacial score (nSPS) is 15.1. The van der Waals surface area contributed by atoms with Crippen LogP contribution in [0, 0.1) is 0 Å². The monoisotopic (exact) mass is 381 g/mol. The number of alkyl halides is 3. The van der Waals surface area contributed by atoms with Gasteiger partial charge in [0.05, 0.1) is 5.56 Å². The summed E-state index contributed by atoms with van der Waals surface area (Å²) >= 11 is 0. The Morgan fingerprint density at radius 3 is 2.30 bits per heavy atom. The van der Waals surface area contributed by atoms with Crippen LogP contribution in [0.2, 0.25) is 0 Å². The number of pyridine rings is 1. The number of aromatic nitrogens is 4. The lowest BCUT2D eigenvalue weighted by Crippen LogP contribution is -2.48. The van der Waals surface area contributed by atoms with Crippen molar-refractivity contribution in [1.82, 2.24) is 19.9 Å². The number of nitrogens with zero attached hydrogens (tertiary/aromatic N) is 7. The predicted octanol–water partition coefficient (Wildman–Crippen LogP) is 2.46. The summed E-state index contributed by atoms with van der Waals surface area (Å²) in [6.07, 6.45) is -1.56. The van der Waals surface area contributed by atoms with Crippen molar-refractivity contribution < 1.29 is 13.2 Å². The van der Waals surface area contributed by atoms with E-state index in [1.165, 1.54) is 18.6 Å². The molecule has 2 aromatic heterocycles. The van der Waals surface area contributed by atoms with Crippen molar-refractivity contribution in [2.75, 3.05) is 54.0 Å². The quantitative estimate of drug-likeness (QED) is 0.788. The third-order valence-corrected chi connectivity index (χ3v) is 4.55. The van der Waals surface area contributed by atoms with Crippen LogP contribution in [0.4, 0.5) is 30.9 Å². The zero-order valence-corrected chi connectivity index (χ0v) is 15.3. The Hall–Kier alpha value is -2.65. The highest BCUT2D eigenvalue weighted by atomic mass is 19.4. The Morgan fingerprint density at radius 2 is 1.67 bits per heavy atom. The first-order valence-electron chi connectivity index (χ1n) is 8.90. The third-order valence-electron chi connectivity index (χ3n) is 4.55. The van der Waals surface area contributed by atoms with E-state index < -0.39 is 11.7 Å². The minimum absolute atomic E-state index is 0.0240. The van der Waals surface area contributed by atoms with Crippen LogP contribution < -0.4 is 14.7 Å². The van der Waals surface area contributed by atoms with Gasteiger partial charge < -0.3 is 14.7 Å². The van der Waals surface area contributed by atoms with E-state index in [9.17, 15) is 13.2 Å². The molecule has 0 radical (unpaired) electrons. The van der Waals surface area contributed by atoms with E-state index >= 15 is 0 Å². The Balaban J connectivity index is 1.73. The van der Waals surface area contributed by atoms with Crippen molar-refractivity contribution >= 4 is 17.7 Å². The Labute approximate surface area is 155 Å². The van der Waals surface area contributed by atoms with Crippen molar-refractivity contribution in [3.8, 4) is 0 Å². The maximum absolute atomic E-state index is 13.2. The molecule has 0 atom stereocenters. The van der Waals surface area contributed by atoms with E-state index in [1.807, 2.05) is 23.6 Å². The van der Waals surface area contributed by atoms with Gasteiger partial charge in [0, 0.05) is 45.5 Å². The molecule has 0 spiro atoms. The van der Waals surface area contributed by atoms with Crippen LogP contribution in [0.3, 0.4) is 0 Å². The molecular weight excluding hydrogens is 359 g/mol. The molecule has 1 aliphatic rings. The predicted molar refractivity (Wildman–Crippen MR) is 97.1 cm³/mol. The van der Waals surface area contributed by atoms with Gasteiger partial charge in [-0.1, -0.05) is 0 Å². The van der Waals surface area contributed by atoms with Crippen LogP contribution in [0.5, 0.6) is 0 Å². The second kappa shape index (κ2) is 7.93. The van der Waals surface area contributed by atoms with E-state index in [0.717, 1.165) is 19.2 Å². The molecule has 0 amide bonds. The van der Waals surface area contributed by atoms with Gasteiger partial charge in [0.1, 0.15) is 12.1 Å². The molecule has 0 unspecified atom stereocenters. The summed E-state index contributed by atoms with van der Waals surface area (Å²) in [4.78, 5) is 22.6. The van der Waals surface area contributed by atoms with Gasteiger partial charge in [-0.05, 0) is 26.0 Å². The van der Waals surface area contributed by atoms with Crippen molar-refractivity contribution in [1.29, 1.82) is 0 Å². The zero-order valence-electron chi connectivity index (χ0n) is 15.3. The minimum Gasteiger partial charge on any atom is -0.353 e. The van der Waals surface area contributed by atoms with E-state index in [2.05, 4.69) is 19.9 Å². The summed E-state index contributed by atoms with van der Waals surface area (Å²) in [5.41, 5.74) is -0.706.